The summed E-state index contributed by atoms with van der Waals surface area (Å²) in [6, 6.07) is 13.1. The van der Waals surface area contributed by atoms with Crippen molar-refractivity contribution in [1.29, 1.82) is 0 Å². The number of aryl methyl sites for hydroxylation is 3. The van der Waals surface area contributed by atoms with Gasteiger partial charge in [0.05, 0.1) is 33.3 Å². The molecule has 0 unspecified atom stereocenters. The van der Waals surface area contributed by atoms with Gasteiger partial charge in [-0.1, -0.05) is 0 Å². The molecule has 69 heavy (non-hydrogen) atoms. The molecule has 5 aromatic rings. The van der Waals surface area contributed by atoms with E-state index in [9.17, 15) is 49.0 Å². The second-order valence-corrected chi connectivity index (χ2v) is 16.6. The lowest BCUT2D eigenvalue weighted by atomic mass is 10.1. The number of carbonyl (C=O) groups excluding carboxylic acids is 6. The standard InChI is InChI=1S/C29H35N5O8.C17H20N4O5.ClH/c1-29(2,3)42-28(38)31-20-14-23(32(4)16-20)25(36)15-21-17-33(5)27(30-21)24(35)8-6-7-9-26(37)41-18-19-10-12-22(13-11-19)34(39)40;1-20-10-15(18)19-17(20)14(22)4-2-3-5-16(23)26-11-12-6-8-13(9-7-12)21(24)25;/h10-14,16-17H,6-9,15,18H2,1-5H3,(H,31,38);6-10H,2-5,11,18H2,1H3;1H. The van der Waals surface area contributed by atoms with Gasteiger partial charge in [0, 0.05) is 89.7 Å². The van der Waals surface area contributed by atoms with Crippen molar-refractivity contribution in [1.82, 2.24) is 23.7 Å². The summed E-state index contributed by atoms with van der Waals surface area (Å²) >= 11 is 0. The second-order valence-electron chi connectivity index (χ2n) is 16.6. The fraction of sp³-hybridized carbons (Fsp3) is 0.391. The highest BCUT2D eigenvalue weighted by molar-refractivity contribution is 5.98. The number of carbonyl (C=O) groups is 6. The van der Waals surface area contributed by atoms with Gasteiger partial charge in [0.15, 0.2) is 29.0 Å². The Morgan fingerprint density at radius 1 is 0.652 bits per heavy atom. The Bertz CT molecular complexity index is 2610. The van der Waals surface area contributed by atoms with E-state index in [0.717, 1.165) is 0 Å². The molecule has 0 saturated carbocycles. The fourth-order valence-electron chi connectivity index (χ4n) is 6.44. The van der Waals surface area contributed by atoms with Crippen molar-refractivity contribution in [3.05, 3.63) is 128 Å². The highest BCUT2D eigenvalue weighted by atomic mass is 35.5. The molecule has 23 heteroatoms. The number of nitrogens with zero attached hydrogens (tertiary/aromatic N) is 7. The first-order chi connectivity index (χ1) is 32.1. The number of nitrogens with one attached hydrogen (secondary N) is 1. The first kappa shape index (κ1) is 55.6. The summed E-state index contributed by atoms with van der Waals surface area (Å²) in [6.45, 7) is 5.33. The van der Waals surface area contributed by atoms with Gasteiger partial charge in [-0.05, 0) is 87.9 Å². The minimum Gasteiger partial charge on any atom is -0.461 e. The van der Waals surface area contributed by atoms with Crippen LogP contribution in [0, 0.1) is 20.2 Å². The zero-order valence-corrected chi connectivity index (χ0v) is 39.9. The summed E-state index contributed by atoms with van der Waals surface area (Å²) in [6.07, 6.45) is 6.86. The summed E-state index contributed by atoms with van der Waals surface area (Å²) in [5.74, 6) is -0.548. The Labute approximate surface area is 403 Å². The van der Waals surface area contributed by atoms with E-state index in [-0.39, 0.29) is 98.2 Å². The number of nitrogen functional groups attached to an aromatic ring is 1. The lowest BCUT2D eigenvalue weighted by Gasteiger charge is -2.19. The minimum atomic E-state index is -0.657. The monoisotopic (exact) mass is 977 g/mol. The number of nitrogens with two attached hydrogens (primary N) is 1. The zero-order chi connectivity index (χ0) is 50.1. The van der Waals surface area contributed by atoms with Crippen molar-refractivity contribution in [3.8, 4) is 0 Å². The largest absolute Gasteiger partial charge is 0.461 e. The number of anilines is 2. The maximum Gasteiger partial charge on any atom is 0.412 e. The molecule has 0 aliphatic heterocycles. The van der Waals surface area contributed by atoms with Crippen molar-refractivity contribution < 1.29 is 52.8 Å². The van der Waals surface area contributed by atoms with E-state index in [2.05, 4.69) is 15.3 Å². The van der Waals surface area contributed by atoms with Crippen LogP contribution in [0.1, 0.15) is 121 Å². The Morgan fingerprint density at radius 2 is 1.10 bits per heavy atom. The third-order valence-corrected chi connectivity index (χ3v) is 9.76. The number of Topliss-reactive ketones (excluding diaryl/α,β-unsaturated/α-hetero) is 3. The molecule has 0 bridgehead atoms. The van der Waals surface area contributed by atoms with Crippen molar-refractivity contribution in [2.24, 2.45) is 21.1 Å². The lowest BCUT2D eigenvalue weighted by molar-refractivity contribution is -0.385. The number of ketones is 3. The van der Waals surface area contributed by atoms with Crippen LogP contribution in [-0.4, -0.2) is 74.5 Å². The molecule has 2 aromatic carbocycles. The molecule has 5 rings (SSSR count). The Kier molecular flexibility index (Phi) is 20.9. The second kappa shape index (κ2) is 26.0. The summed E-state index contributed by atoms with van der Waals surface area (Å²) < 4.78 is 20.3. The van der Waals surface area contributed by atoms with Crippen LogP contribution < -0.4 is 11.1 Å². The average molecular weight is 978 g/mol. The predicted molar refractivity (Wildman–Crippen MR) is 253 cm³/mol. The Hall–Kier alpha value is -7.75. The van der Waals surface area contributed by atoms with Gasteiger partial charge in [-0.15, -0.1) is 12.4 Å². The number of hydrogen-bond acceptors (Lipinski definition) is 16. The van der Waals surface area contributed by atoms with Crippen molar-refractivity contribution in [2.45, 2.75) is 97.4 Å². The molecule has 0 atom stereocenters. The van der Waals surface area contributed by atoms with Crippen LogP contribution in [0.25, 0.3) is 0 Å². The molecule has 3 N–H and O–H groups in total. The molecule has 0 spiro atoms. The fourth-order valence-corrected chi connectivity index (χ4v) is 6.44. The molecule has 0 aliphatic carbocycles. The smallest absolute Gasteiger partial charge is 0.412 e. The maximum atomic E-state index is 12.9. The predicted octanol–water partition coefficient (Wildman–Crippen LogP) is 7.74. The van der Waals surface area contributed by atoms with E-state index < -0.39 is 27.5 Å². The van der Waals surface area contributed by atoms with Gasteiger partial charge in [0.25, 0.3) is 11.4 Å². The van der Waals surface area contributed by atoms with Crippen LogP contribution >= 0.6 is 12.4 Å². The first-order valence-corrected chi connectivity index (χ1v) is 21.4. The van der Waals surface area contributed by atoms with Crippen LogP contribution in [0.5, 0.6) is 0 Å². The van der Waals surface area contributed by atoms with E-state index in [0.29, 0.717) is 65.5 Å². The number of imidazole rings is 2. The average Bonchev–Trinajstić information content (AvgIpc) is 3.95. The van der Waals surface area contributed by atoms with Gasteiger partial charge in [-0.3, -0.25) is 49.5 Å². The minimum absolute atomic E-state index is 0. The van der Waals surface area contributed by atoms with Crippen LogP contribution in [-0.2, 0) is 64.6 Å². The highest BCUT2D eigenvalue weighted by Crippen LogP contribution is 2.19. The van der Waals surface area contributed by atoms with Crippen LogP contribution in [0.4, 0.5) is 27.7 Å². The lowest BCUT2D eigenvalue weighted by Crippen LogP contribution is -2.27. The van der Waals surface area contributed by atoms with Crippen LogP contribution in [0.3, 0.4) is 0 Å². The number of nitro benzene ring substituents is 2. The molecule has 22 nitrogen and oxygen atoms in total. The SMILES string of the molecule is Cl.Cn1cc(N)nc1C(=O)CCCCC(=O)OCc1ccc([N+](=O)[O-])cc1.Cn1cc(NC(=O)OC(C)(C)C)cc1C(=O)Cc1cn(C)c(C(=O)CCCCC(=O)OCc2ccc([N+](=O)[O-])cc2)n1. The van der Waals surface area contributed by atoms with Crippen LogP contribution in [0.15, 0.2) is 73.2 Å². The van der Waals surface area contributed by atoms with E-state index in [1.807, 2.05) is 0 Å². The molecule has 0 aliphatic rings. The van der Waals surface area contributed by atoms with Gasteiger partial charge in [-0.25, -0.2) is 14.8 Å². The number of amides is 1. The first-order valence-electron chi connectivity index (χ1n) is 21.4. The number of aromatic nitrogens is 5. The number of hydrogen-bond donors (Lipinski definition) is 2. The molecule has 0 saturated heterocycles. The van der Waals surface area contributed by atoms with E-state index in [4.69, 9.17) is 19.9 Å². The maximum absolute atomic E-state index is 12.9. The summed E-state index contributed by atoms with van der Waals surface area (Å²) in [4.78, 5) is 102. The van der Waals surface area contributed by atoms with Gasteiger partial charge >= 0.3 is 18.0 Å². The van der Waals surface area contributed by atoms with Gasteiger partial charge < -0.3 is 33.6 Å². The Morgan fingerprint density at radius 3 is 1.54 bits per heavy atom. The van der Waals surface area contributed by atoms with Crippen LogP contribution in [0.2, 0.25) is 0 Å². The number of rotatable bonds is 22. The molecule has 0 radical (unpaired) electrons. The third-order valence-electron chi connectivity index (χ3n) is 9.76. The third kappa shape index (κ3) is 18.5. The summed E-state index contributed by atoms with van der Waals surface area (Å²) in [5.41, 5.74) is 7.35. The number of non-ortho nitro benzene ring substituents is 2. The molecular weight excluding hydrogens is 922 g/mol. The molecule has 3 aromatic heterocycles. The zero-order valence-electron chi connectivity index (χ0n) is 39.1. The highest BCUT2D eigenvalue weighted by Gasteiger charge is 2.21. The normalized spacial score (nSPS) is 10.8. The van der Waals surface area contributed by atoms with E-state index >= 15 is 0 Å². The summed E-state index contributed by atoms with van der Waals surface area (Å²) in [7, 11) is 5.06. The Balaban J connectivity index is 0.000000401. The molecular formula is C46H56ClN9O13. The molecule has 1 amide bonds. The van der Waals surface area contributed by atoms with Gasteiger partial charge in [0.1, 0.15) is 24.6 Å². The van der Waals surface area contributed by atoms with Crippen molar-refractivity contribution >= 4 is 70.7 Å². The molecule has 0 fully saturated rings. The number of halogens is 1. The number of ether oxygens (including phenoxy) is 3. The topological polar surface area (TPSA) is 295 Å². The van der Waals surface area contributed by atoms with E-state index in [1.54, 1.807) is 92.4 Å². The number of esters is 2. The van der Waals surface area contributed by atoms with Crippen molar-refractivity contribution in [3.63, 3.8) is 0 Å². The van der Waals surface area contributed by atoms with Gasteiger partial charge in [-0.2, -0.15) is 0 Å². The number of nitro groups is 2. The molecule has 370 valence electrons. The van der Waals surface area contributed by atoms with Gasteiger partial charge in [0.2, 0.25) is 0 Å². The number of unbranched alkanes of at least 4 members (excludes halogenated alkanes) is 2. The summed E-state index contributed by atoms with van der Waals surface area (Å²) in [5, 5.41) is 23.9. The van der Waals surface area contributed by atoms with E-state index in [1.165, 1.54) is 36.4 Å². The quantitative estimate of drug-likeness (QED) is 0.0167. The number of benzene rings is 2. The molecule has 3 heterocycles. The van der Waals surface area contributed by atoms with Crippen molar-refractivity contribution in [2.75, 3.05) is 11.1 Å².